The van der Waals surface area contributed by atoms with Gasteiger partial charge in [0.15, 0.2) is 0 Å². The van der Waals surface area contributed by atoms with Crippen LogP contribution in [-0.4, -0.2) is 30.2 Å². The van der Waals surface area contributed by atoms with Crippen molar-refractivity contribution < 1.29 is 9.18 Å². The highest BCUT2D eigenvalue weighted by molar-refractivity contribution is 5.99. The molecule has 1 fully saturated rings. The van der Waals surface area contributed by atoms with Gasteiger partial charge in [-0.2, -0.15) is 5.10 Å². The van der Waals surface area contributed by atoms with Crippen LogP contribution in [0.25, 0.3) is 22.5 Å². The van der Waals surface area contributed by atoms with Crippen molar-refractivity contribution in [2.45, 2.75) is 44.9 Å². The van der Waals surface area contributed by atoms with Crippen molar-refractivity contribution in [1.29, 1.82) is 0 Å². The first-order valence-electron chi connectivity index (χ1n) is 12.9. The molecule has 1 aliphatic carbocycles. The standard InChI is InChI=1S/C29H29FN8O/c1-29(2,3)22-16-23(38(36-22)19-7-5-4-6-8-19)34-28(39)33-21-12-11-18(15-20(21)30)24-25-26(31)32-13-14-37(25)27(35-24)17-9-10-17/h4-8,11-17H,9-10H2,1-3H3,(H2,31,32)(H2,33,34,39). The summed E-state index contributed by atoms with van der Waals surface area (Å²) in [4.78, 5) is 22.0. The number of hydrogen-bond acceptors (Lipinski definition) is 5. The van der Waals surface area contributed by atoms with Crippen LogP contribution in [0.5, 0.6) is 0 Å². The van der Waals surface area contributed by atoms with Gasteiger partial charge in [-0.25, -0.2) is 23.8 Å². The molecule has 0 unspecified atom stereocenters. The van der Waals surface area contributed by atoms with E-state index < -0.39 is 11.8 Å². The van der Waals surface area contributed by atoms with Gasteiger partial charge >= 0.3 is 6.03 Å². The van der Waals surface area contributed by atoms with E-state index in [2.05, 4.69) is 15.6 Å². The van der Waals surface area contributed by atoms with Crippen LogP contribution in [-0.2, 0) is 5.41 Å². The van der Waals surface area contributed by atoms with Crippen LogP contribution in [0.2, 0.25) is 0 Å². The second kappa shape index (κ2) is 9.23. The van der Waals surface area contributed by atoms with Crippen molar-refractivity contribution in [2.24, 2.45) is 0 Å². The predicted octanol–water partition coefficient (Wildman–Crippen LogP) is 6.12. The highest BCUT2D eigenvalue weighted by atomic mass is 19.1. The summed E-state index contributed by atoms with van der Waals surface area (Å²) in [5.41, 5.74) is 9.37. The topological polar surface area (TPSA) is 115 Å². The van der Waals surface area contributed by atoms with Crippen molar-refractivity contribution in [2.75, 3.05) is 16.4 Å². The zero-order valence-electron chi connectivity index (χ0n) is 21.9. The van der Waals surface area contributed by atoms with E-state index in [1.54, 1.807) is 16.9 Å². The minimum Gasteiger partial charge on any atom is -0.382 e. The van der Waals surface area contributed by atoms with Gasteiger partial charge in [0.25, 0.3) is 0 Å². The second-order valence-corrected chi connectivity index (χ2v) is 10.8. The third-order valence-electron chi connectivity index (χ3n) is 6.76. The molecule has 4 N–H and O–H groups in total. The minimum absolute atomic E-state index is 0.0371. The molecule has 10 heteroatoms. The number of para-hydroxylation sites is 1. The van der Waals surface area contributed by atoms with Crippen LogP contribution in [0.4, 0.5) is 26.5 Å². The Morgan fingerprint density at radius 3 is 2.54 bits per heavy atom. The number of hydrogen-bond donors (Lipinski definition) is 3. The second-order valence-electron chi connectivity index (χ2n) is 10.8. The summed E-state index contributed by atoms with van der Waals surface area (Å²) in [6, 6.07) is 15.3. The fraction of sp³-hybridized carbons (Fsp3) is 0.241. The number of anilines is 3. The molecule has 3 heterocycles. The smallest absolute Gasteiger partial charge is 0.324 e. The number of imidazole rings is 1. The largest absolute Gasteiger partial charge is 0.382 e. The third-order valence-corrected chi connectivity index (χ3v) is 6.76. The third kappa shape index (κ3) is 4.69. The zero-order valence-corrected chi connectivity index (χ0v) is 21.9. The quantitative estimate of drug-likeness (QED) is 0.256. The Balaban J connectivity index is 1.27. The van der Waals surface area contributed by atoms with Gasteiger partial charge < -0.3 is 11.1 Å². The maximum absolute atomic E-state index is 15.3. The molecular weight excluding hydrogens is 495 g/mol. The van der Waals surface area contributed by atoms with E-state index in [0.717, 1.165) is 30.0 Å². The highest BCUT2D eigenvalue weighted by Gasteiger charge is 2.30. The number of aromatic nitrogens is 5. The van der Waals surface area contributed by atoms with Gasteiger partial charge in [-0.3, -0.25) is 9.72 Å². The number of carbonyl (C=O) groups excluding carboxylic acids is 1. The number of fused-ring (bicyclic) bond motifs is 1. The van der Waals surface area contributed by atoms with E-state index in [1.807, 2.05) is 67.8 Å². The Morgan fingerprint density at radius 2 is 1.85 bits per heavy atom. The fourth-order valence-electron chi connectivity index (χ4n) is 4.55. The van der Waals surface area contributed by atoms with Crippen molar-refractivity contribution in [3.8, 4) is 16.9 Å². The van der Waals surface area contributed by atoms with E-state index in [0.29, 0.717) is 34.3 Å². The predicted molar refractivity (Wildman–Crippen MR) is 150 cm³/mol. The Labute approximate surface area is 224 Å². The highest BCUT2D eigenvalue weighted by Crippen LogP contribution is 2.42. The van der Waals surface area contributed by atoms with Gasteiger partial charge in [-0.1, -0.05) is 45.0 Å². The molecule has 9 nitrogen and oxygen atoms in total. The lowest BCUT2D eigenvalue weighted by Gasteiger charge is -2.14. The van der Waals surface area contributed by atoms with Crippen LogP contribution in [0.1, 0.15) is 51.0 Å². The molecule has 0 saturated heterocycles. The molecule has 1 saturated carbocycles. The number of nitrogens with one attached hydrogen (secondary N) is 2. The maximum Gasteiger partial charge on any atom is 0.324 e. The lowest BCUT2D eigenvalue weighted by Crippen LogP contribution is -2.22. The van der Waals surface area contributed by atoms with Crippen molar-refractivity contribution >= 4 is 28.9 Å². The molecule has 2 amide bonds. The minimum atomic E-state index is -0.591. The van der Waals surface area contributed by atoms with E-state index in [1.165, 1.54) is 12.1 Å². The summed E-state index contributed by atoms with van der Waals surface area (Å²) >= 11 is 0. The number of amides is 2. The number of carbonyl (C=O) groups is 1. The normalized spacial score (nSPS) is 13.5. The molecular formula is C29H29FN8O. The molecule has 6 rings (SSSR count). The van der Waals surface area contributed by atoms with Gasteiger partial charge in [-0.05, 0) is 37.1 Å². The zero-order chi connectivity index (χ0) is 27.3. The molecule has 198 valence electrons. The number of rotatable bonds is 5. The number of nitrogens with two attached hydrogens (primary N) is 1. The monoisotopic (exact) mass is 524 g/mol. The Morgan fingerprint density at radius 1 is 1.08 bits per heavy atom. The van der Waals surface area contributed by atoms with Crippen molar-refractivity contribution in [1.82, 2.24) is 24.1 Å². The fourth-order valence-corrected chi connectivity index (χ4v) is 4.55. The average Bonchev–Trinajstić information content (AvgIpc) is 3.53. The van der Waals surface area contributed by atoms with Gasteiger partial charge in [0, 0.05) is 35.4 Å². The first-order chi connectivity index (χ1) is 18.7. The molecule has 0 spiro atoms. The summed E-state index contributed by atoms with van der Waals surface area (Å²) in [5.74, 6) is 1.48. The Hall–Kier alpha value is -4.73. The summed E-state index contributed by atoms with van der Waals surface area (Å²) in [6.45, 7) is 6.14. The van der Waals surface area contributed by atoms with E-state index in [4.69, 9.17) is 15.8 Å². The summed E-state index contributed by atoms with van der Waals surface area (Å²) < 4.78 is 18.9. The Kier molecular flexibility index (Phi) is 5.82. The lowest BCUT2D eigenvalue weighted by atomic mass is 9.92. The first-order valence-corrected chi connectivity index (χ1v) is 12.9. The summed E-state index contributed by atoms with van der Waals surface area (Å²) in [7, 11) is 0. The number of nitrogens with zero attached hydrogens (tertiary/aromatic N) is 5. The molecule has 0 bridgehead atoms. The molecule has 0 atom stereocenters. The first kappa shape index (κ1) is 24.6. The van der Waals surface area contributed by atoms with Gasteiger partial charge in [-0.15, -0.1) is 0 Å². The molecule has 1 aliphatic rings. The van der Waals surface area contributed by atoms with Gasteiger partial charge in [0.2, 0.25) is 0 Å². The Bertz CT molecular complexity index is 1700. The van der Waals surface area contributed by atoms with Crippen molar-refractivity contribution in [3.05, 3.63) is 84.3 Å². The molecule has 2 aromatic carbocycles. The van der Waals surface area contributed by atoms with Crippen LogP contribution in [0, 0.1) is 5.82 Å². The summed E-state index contributed by atoms with van der Waals surface area (Å²) in [5, 5.41) is 10.1. The van der Waals surface area contributed by atoms with E-state index in [-0.39, 0.29) is 11.1 Å². The van der Waals surface area contributed by atoms with Gasteiger partial charge in [0.05, 0.1) is 17.1 Å². The summed E-state index contributed by atoms with van der Waals surface area (Å²) in [6.07, 6.45) is 5.60. The van der Waals surface area contributed by atoms with Crippen LogP contribution in [0.3, 0.4) is 0 Å². The van der Waals surface area contributed by atoms with Crippen LogP contribution >= 0.6 is 0 Å². The SMILES string of the molecule is CC(C)(C)c1cc(NC(=O)Nc2ccc(-c3nc(C4CC4)n4ccnc(N)c34)cc2F)n(-c2ccccc2)n1. The van der Waals surface area contributed by atoms with Crippen LogP contribution < -0.4 is 16.4 Å². The molecule has 3 aromatic heterocycles. The van der Waals surface area contributed by atoms with Crippen molar-refractivity contribution in [3.63, 3.8) is 0 Å². The molecule has 5 aromatic rings. The molecule has 0 radical (unpaired) electrons. The van der Waals surface area contributed by atoms with Gasteiger partial charge in [0.1, 0.15) is 34.5 Å². The van der Waals surface area contributed by atoms with E-state index >= 15 is 4.39 Å². The average molecular weight is 525 g/mol. The lowest BCUT2D eigenvalue weighted by molar-refractivity contribution is 0.262. The van der Waals surface area contributed by atoms with Crippen LogP contribution in [0.15, 0.2) is 67.0 Å². The molecule has 0 aliphatic heterocycles. The maximum atomic E-state index is 15.3. The number of halogens is 1. The molecule has 39 heavy (non-hydrogen) atoms. The number of urea groups is 1. The number of benzene rings is 2. The van der Waals surface area contributed by atoms with E-state index in [9.17, 15) is 4.79 Å². The number of nitrogen functional groups attached to an aromatic ring is 1.